The molecule has 8 rings (SSSR count). The van der Waals surface area contributed by atoms with Crippen LogP contribution < -0.4 is 5.56 Å². The van der Waals surface area contributed by atoms with Gasteiger partial charge in [-0.05, 0) is 61.7 Å². The van der Waals surface area contributed by atoms with Gasteiger partial charge in [-0.15, -0.1) is 5.10 Å². The Morgan fingerprint density at radius 1 is 0.627 bits per heavy atom. The first-order valence-electron chi connectivity index (χ1n) is 16.9. The van der Waals surface area contributed by atoms with Gasteiger partial charge in [0.25, 0.3) is 5.56 Å². The molecule has 0 radical (unpaired) electrons. The van der Waals surface area contributed by atoms with E-state index in [1.54, 1.807) is 16.3 Å². The lowest BCUT2D eigenvalue weighted by molar-refractivity contribution is 0.451. The van der Waals surface area contributed by atoms with Crippen LogP contribution in [0.2, 0.25) is 0 Å². The van der Waals surface area contributed by atoms with Crippen molar-refractivity contribution in [2.75, 3.05) is 5.75 Å². The Bertz CT molecular complexity index is 2380. The molecule has 7 nitrogen and oxygen atoms in total. The lowest BCUT2D eigenvalue weighted by Crippen LogP contribution is -2.39. The summed E-state index contributed by atoms with van der Waals surface area (Å²) in [5.74, 6) is 1.46. The van der Waals surface area contributed by atoms with Crippen LogP contribution in [0.25, 0.3) is 33.4 Å². The van der Waals surface area contributed by atoms with Crippen LogP contribution in [0.4, 0.5) is 0 Å². The second kappa shape index (κ2) is 14.0. The van der Waals surface area contributed by atoms with Crippen LogP contribution >= 0.6 is 11.8 Å². The fourth-order valence-electron chi connectivity index (χ4n) is 6.91. The van der Waals surface area contributed by atoms with E-state index in [0.29, 0.717) is 17.8 Å². The predicted octanol–water partition coefficient (Wildman–Crippen LogP) is 8.72. The number of hydrogen-bond donors (Lipinski definition) is 0. The maximum Gasteiger partial charge on any atom is 0.262 e. The molecule has 0 N–H and O–H groups in total. The first-order valence-corrected chi connectivity index (χ1v) is 17.9. The molecule has 8 heteroatoms. The molecule has 0 fully saturated rings. The number of aromatic nitrogens is 6. The van der Waals surface area contributed by atoms with Crippen LogP contribution in [0.3, 0.4) is 0 Å². The highest BCUT2D eigenvalue weighted by atomic mass is 32.2. The van der Waals surface area contributed by atoms with E-state index in [0.717, 1.165) is 55.4 Å². The van der Waals surface area contributed by atoms with E-state index in [9.17, 15) is 4.79 Å². The Balaban J connectivity index is 1.24. The smallest absolute Gasteiger partial charge is 0.262 e. The predicted molar refractivity (Wildman–Crippen MR) is 205 cm³/mol. The van der Waals surface area contributed by atoms with E-state index >= 15 is 0 Å². The molecule has 0 amide bonds. The molecular formula is C43H34N6OS. The minimum Gasteiger partial charge on any atom is -0.283 e. The standard InChI is InChI=1S/C43H34N6OS/c1-2-51-42-44-39-25-15-14-24-38(39)41(50)48(42)30-31-26-28-32(29-27-31)36-22-12-13-23-37(36)40-45-46-47-49(40)43(33-16-6-3-7-17-33,34-18-8-4-9-19-34)35-20-10-5-11-21-35/h3-29H,2,30H2,1H3. The van der Waals surface area contributed by atoms with E-state index < -0.39 is 5.54 Å². The second-order valence-corrected chi connectivity index (χ2v) is 13.4. The number of hydrogen-bond acceptors (Lipinski definition) is 6. The van der Waals surface area contributed by atoms with Gasteiger partial charge in [0.05, 0.1) is 17.4 Å². The summed E-state index contributed by atoms with van der Waals surface area (Å²) in [6.45, 7) is 2.50. The topological polar surface area (TPSA) is 78.5 Å². The molecule has 2 heterocycles. The van der Waals surface area contributed by atoms with Gasteiger partial charge in [0.2, 0.25) is 0 Å². The summed E-state index contributed by atoms with van der Waals surface area (Å²) < 4.78 is 3.75. The van der Waals surface area contributed by atoms with Crippen LogP contribution in [0.5, 0.6) is 0 Å². The first kappa shape index (κ1) is 32.1. The molecule has 51 heavy (non-hydrogen) atoms. The molecule has 0 saturated heterocycles. The number of tetrazole rings is 1. The van der Waals surface area contributed by atoms with Gasteiger partial charge in [0.1, 0.15) is 5.54 Å². The Labute approximate surface area is 300 Å². The van der Waals surface area contributed by atoms with Gasteiger partial charge in [0.15, 0.2) is 11.0 Å². The van der Waals surface area contributed by atoms with Gasteiger partial charge in [-0.2, -0.15) is 0 Å². The van der Waals surface area contributed by atoms with Crippen LogP contribution in [0.1, 0.15) is 29.2 Å². The molecule has 0 bridgehead atoms. The lowest BCUT2D eigenvalue weighted by atomic mass is 9.77. The SMILES string of the molecule is CCSc1nc2ccccc2c(=O)n1Cc1ccc(-c2ccccc2-c2nnnn2C(c2ccccc2)(c2ccccc2)c2ccccc2)cc1. The van der Waals surface area contributed by atoms with E-state index in [2.05, 4.69) is 121 Å². The number of thioether (sulfide) groups is 1. The van der Waals surface area contributed by atoms with Crippen LogP contribution in [-0.4, -0.2) is 35.5 Å². The van der Waals surface area contributed by atoms with E-state index in [1.807, 2.05) is 59.3 Å². The quantitative estimate of drug-likeness (QED) is 0.0816. The molecule has 0 unspecified atom stereocenters. The van der Waals surface area contributed by atoms with E-state index in [-0.39, 0.29) is 5.56 Å². The summed E-state index contributed by atoms with van der Waals surface area (Å²) in [4.78, 5) is 18.4. The van der Waals surface area contributed by atoms with Crippen molar-refractivity contribution in [2.45, 2.75) is 24.2 Å². The number of rotatable bonds is 10. The summed E-state index contributed by atoms with van der Waals surface area (Å²) >= 11 is 1.58. The molecule has 0 aliphatic carbocycles. The average Bonchev–Trinajstić information content (AvgIpc) is 3.68. The number of nitrogens with zero attached hydrogens (tertiary/aromatic N) is 6. The second-order valence-electron chi connectivity index (χ2n) is 12.2. The molecule has 2 aromatic heterocycles. The van der Waals surface area contributed by atoms with E-state index in [1.165, 1.54) is 0 Å². The summed E-state index contributed by atoms with van der Waals surface area (Å²) in [6, 6.07) is 55.4. The third kappa shape index (κ3) is 5.83. The van der Waals surface area contributed by atoms with Gasteiger partial charge in [0, 0.05) is 5.56 Å². The maximum atomic E-state index is 13.6. The number of fused-ring (bicyclic) bond motifs is 1. The van der Waals surface area contributed by atoms with Crippen LogP contribution in [0, 0.1) is 0 Å². The van der Waals surface area contributed by atoms with Gasteiger partial charge >= 0.3 is 0 Å². The molecule has 0 spiro atoms. The summed E-state index contributed by atoms with van der Waals surface area (Å²) in [7, 11) is 0. The number of benzene rings is 6. The Morgan fingerprint density at radius 2 is 1.18 bits per heavy atom. The van der Waals surface area contributed by atoms with Gasteiger partial charge in [-0.3, -0.25) is 9.36 Å². The fraction of sp³-hybridized carbons (Fsp3) is 0.0930. The maximum absolute atomic E-state index is 13.6. The first-order chi connectivity index (χ1) is 25.2. The summed E-state index contributed by atoms with van der Waals surface area (Å²) in [5, 5.41) is 15.1. The molecule has 6 aromatic carbocycles. The average molecular weight is 683 g/mol. The van der Waals surface area contributed by atoms with Gasteiger partial charge in [-0.1, -0.05) is 170 Å². The Kier molecular flexibility index (Phi) is 8.82. The number of para-hydroxylation sites is 1. The highest BCUT2D eigenvalue weighted by Crippen LogP contribution is 2.43. The van der Waals surface area contributed by atoms with Crippen molar-refractivity contribution in [1.29, 1.82) is 0 Å². The minimum atomic E-state index is -0.866. The third-order valence-corrected chi connectivity index (χ3v) is 10.1. The van der Waals surface area contributed by atoms with Crippen molar-refractivity contribution in [2.24, 2.45) is 0 Å². The monoisotopic (exact) mass is 682 g/mol. The highest BCUT2D eigenvalue weighted by Gasteiger charge is 2.42. The highest BCUT2D eigenvalue weighted by molar-refractivity contribution is 7.99. The molecular weight excluding hydrogens is 649 g/mol. The Morgan fingerprint density at radius 3 is 1.78 bits per heavy atom. The molecule has 0 saturated carbocycles. The molecule has 8 aromatic rings. The zero-order chi connectivity index (χ0) is 34.6. The van der Waals surface area contributed by atoms with Crippen molar-refractivity contribution in [3.8, 4) is 22.5 Å². The fourth-order valence-corrected chi connectivity index (χ4v) is 7.64. The van der Waals surface area contributed by atoms with Crippen LogP contribution in [-0.2, 0) is 12.1 Å². The normalized spacial score (nSPS) is 11.5. The largest absolute Gasteiger partial charge is 0.283 e. The summed E-state index contributed by atoms with van der Waals surface area (Å²) in [5.41, 5.74) is 6.86. The van der Waals surface area contributed by atoms with Crippen LogP contribution in [0.15, 0.2) is 174 Å². The summed E-state index contributed by atoms with van der Waals surface area (Å²) in [6.07, 6.45) is 0. The zero-order valence-electron chi connectivity index (χ0n) is 28.0. The molecule has 0 atom stereocenters. The van der Waals surface area contributed by atoms with Crippen molar-refractivity contribution < 1.29 is 0 Å². The van der Waals surface area contributed by atoms with Crippen molar-refractivity contribution in [3.63, 3.8) is 0 Å². The van der Waals surface area contributed by atoms with Crippen molar-refractivity contribution in [1.82, 2.24) is 29.8 Å². The zero-order valence-corrected chi connectivity index (χ0v) is 28.8. The molecule has 0 aliphatic heterocycles. The lowest BCUT2D eigenvalue weighted by Gasteiger charge is -2.36. The molecule has 0 aliphatic rings. The minimum absolute atomic E-state index is 0.0310. The third-order valence-electron chi connectivity index (χ3n) is 9.24. The van der Waals surface area contributed by atoms with Crippen molar-refractivity contribution >= 4 is 22.7 Å². The molecule has 248 valence electrons. The van der Waals surface area contributed by atoms with Gasteiger partial charge < -0.3 is 0 Å². The van der Waals surface area contributed by atoms with E-state index in [4.69, 9.17) is 15.3 Å². The van der Waals surface area contributed by atoms with Crippen molar-refractivity contribution in [3.05, 3.63) is 196 Å². The Hall–Kier alpha value is -6.12. The van der Waals surface area contributed by atoms with Gasteiger partial charge in [-0.25, -0.2) is 9.67 Å².